The highest BCUT2D eigenvalue weighted by Crippen LogP contribution is 2.22. The molecule has 1 N–H and O–H groups in total. The van der Waals surface area contributed by atoms with Gasteiger partial charge in [-0.1, -0.05) is 19.1 Å². The first-order valence-corrected chi connectivity index (χ1v) is 11.6. The van der Waals surface area contributed by atoms with Crippen LogP contribution in [0.4, 0.5) is 0 Å². The second-order valence-corrected chi connectivity index (χ2v) is 9.01. The minimum Gasteiger partial charge on any atom is -0.492 e. The van der Waals surface area contributed by atoms with Crippen LogP contribution in [-0.4, -0.2) is 51.5 Å². The van der Waals surface area contributed by atoms with Crippen molar-refractivity contribution in [2.24, 2.45) is 0 Å². The maximum Gasteiger partial charge on any atom is 0.258 e. The Balaban J connectivity index is 1.37. The van der Waals surface area contributed by atoms with E-state index in [-0.39, 0.29) is 24.0 Å². The lowest BCUT2D eigenvalue weighted by Gasteiger charge is -2.15. The van der Waals surface area contributed by atoms with Gasteiger partial charge >= 0.3 is 0 Å². The van der Waals surface area contributed by atoms with Gasteiger partial charge in [0.15, 0.2) is 6.61 Å². The van der Waals surface area contributed by atoms with Crippen molar-refractivity contribution < 1.29 is 22.7 Å². The third kappa shape index (κ3) is 5.96. The van der Waals surface area contributed by atoms with Gasteiger partial charge in [-0.15, -0.1) is 0 Å². The average molecular weight is 433 g/mol. The summed E-state index contributed by atoms with van der Waals surface area (Å²) in [7, 11) is -3.42. The smallest absolute Gasteiger partial charge is 0.258 e. The molecule has 0 aliphatic carbocycles. The summed E-state index contributed by atoms with van der Waals surface area (Å²) >= 11 is 0. The van der Waals surface area contributed by atoms with Gasteiger partial charge in [0.2, 0.25) is 10.0 Å². The molecule has 8 heteroatoms. The molecule has 0 spiro atoms. The lowest BCUT2D eigenvalue weighted by Crippen LogP contribution is -2.32. The molecular weight excluding hydrogens is 404 g/mol. The molecule has 1 amide bonds. The Morgan fingerprint density at radius 3 is 2.20 bits per heavy atom. The quantitative estimate of drug-likeness (QED) is 0.584. The van der Waals surface area contributed by atoms with Crippen LogP contribution in [0.1, 0.15) is 25.3 Å². The van der Waals surface area contributed by atoms with Crippen LogP contribution in [0.25, 0.3) is 0 Å². The van der Waals surface area contributed by atoms with Crippen molar-refractivity contribution in [1.29, 1.82) is 0 Å². The third-order valence-electron chi connectivity index (χ3n) is 4.92. The van der Waals surface area contributed by atoms with Crippen LogP contribution in [0, 0.1) is 0 Å². The first-order chi connectivity index (χ1) is 14.5. The molecule has 1 aliphatic rings. The molecule has 1 heterocycles. The summed E-state index contributed by atoms with van der Waals surface area (Å²) in [5.74, 6) is 0.977. The Morgan fingerprint density at radius 1 is 0.967 bits per heavy atom. The van der Waals surface area contributed by atoms with E-state index in [9.17, 15) is 13.2 Å². The van der Waals surface area contributed by atoms with Gasteiger partial charge in [-0.05, 0) is 61.2 Å². The van der Waals surface area contributed by atoms with Crippen LogP contribution < -0.4 is 14.8 Å². The van der Waals surface area contributed by atoms with E-state index in [0.717, 1.165) is 19.3 Å². The Labute approximate surface area is 178 Å². The predicted octanol–water partition coefficient (Wildman–Crippen LogP) is 2.61. The summed E-state index contributed by atoms with van der Waals surface area (Å²) in [6, 6.07) is 14.0. The van der Waals surface area contributed by atoms with Crippen molar-refractivity contribution in [3.63, 3.8) is 0 Å². The van der Waals surface area contributed by atoms with Gasteiger partial charge in [0.25, 0.3) is 5.91 Å². The van der Waals surface area contributed by atoms with E-state index in [1.54, 1.807) is 24.3 Å². The van der Waals surface area contributed by atoms with E-state index in [2.05, 4.69) is 12.2 Å². The maximum atomic E-state index is 12.5. The maximum absolute atomic E-state index is 12.5. The molecule has 0 unspecified atom stereocenters. The van der Waals surface area contributed by atoms with Gasteiger partial charge < -0.3 is 14.8 Å². The first kappa shape index (κ1) is 22.1. The van der Waals surface area contributed by atoms with E-state index in [1.165, 1.54) is 9.87 Å². The topological polar surface area (TPSA) is 84.9 Å². The Kier molecular flexibility index (Phi) is 7.70. The molecule has 0 atom stereocenters. The molecule has 2 aromatic carbocycles. The van der Waals surface area contributed by atoms with Crippen molar-refractivity contribution in [3.05, 3.63) is 54.1 Å². The van der Waals surface area contributed by atoms with Crippen LogP contribution >= 0.6 is 0 Å². The fourth-order valence-electron chi connectivity index (χ4n) is 3.17. The second kappa shape index (κ2) is 10.4. The number of aryl methyl sites for hydroxylation is 1. The third-order valence-corrected chi connectivity index (χ3v) is 6.83. The van der Waals surface area contributed by atoms with E-state index in [4.69, 9.17) is 9.47 Å². The Hall–Kier alpha value is -2.58. The number of rotatable bonds is 10. The fourth-order valence-corrected chi connectivity index (χ4v) is 4.68. The summed E-state index contributed by atoms with van der Waals surface area (Å²) in [6.45, 7) is 3.77. The molecule has 0 bridgehead atoms. The minimum absolute atomic E-state index is 0.0610. The summed E-state index contributed by atoms with van der Waals surface area (Å²) in [4.78, 5) is 12.1. The zero-order valence-electron chi connectivity index (χ0n) is 17.2. The summed E-state index contributed by atoms with van der Waals surface area (Å²) in [6.07, 6.45) is 2.77. The molecule has 1 saturated heterocycles. The highest BCUT2D eigenvalue weighted by molar-refractivity contribution is 7.89. The molecular formula is C22H28N2O5S. The number of carbonyl (C=O) groups excluding carboxylic acids is 1. The molecule has 3 rings (SSSR count). The number of nitrogens with zero attached hydrogens (tertiary/aromatic N) is 1. The second-order valence-electron chi connectivity index (χ2n) is 7.07. The number of hydrogen-bond donors (Lipinski definition) is 1. The number of amides is 1. The number of ether oxygens (including phenoxy) is 2. The van der Waals surface area contributed by atoms with Crippen LogP contribution in [-0.2, 0) is 21.2 Å². The molecule has 2 aromatic rings. The van der Waals surface area contributed by atoms with Gasteiger partial charge in [0.1, 0.15) is 18.1 Å². The monoisotopic (exact) mass is 432 g/mol. The summed E-state index contributed by atoms with van der Waals surface area (Å²) in [5, 5.41) is 2.73. The fraction of sp³-hybridized carbons (Fsp3) is 0.409. The lowest BCUT2D eigenvalue weighted by atomic mass is 10.2. The van der Waals surface area contributed by atoms with Crippen molar-refractivity contribution in [3.8, 4) is 11.5 Å². The normalized spacial score (nSPS) is 14.4. The summed E-state index contributed by atoms with van der Waals surface area (Å²) < 4.78 is 37.5. The van der Waals surface area contributed by atoms with Crippen molar-refractivity contribution in [1.82, 2.24) is 9.62 Å². The Morgan fingerprint density at radius 2 is 1.57 bits per heavy atom. The van der Waals surface area contributed by atoms with Gasteiger partial charge in [0, 0.05) is 13.1 Å². The molecule has 1 fully saturated rings. The summed E-state index contributed by atoms with van der Waals surface area (Å²) in [5.41, 5.74) is 1.21. The molecule has 0 saturated carbocycles. The molecule has 162 valence electrons. The SMILES string of the molecule is CCc1ccc(OCC(=O)NCCOc2ccc(S(=O)(=O)N3CCCC3)cc2)cc1. The molecule has 30 heavy (non-hydrogen) atoms. The van der Waals surface area contributed by atoms with Crippen molar-refractivity contribution in [2.75, 3.05) is 32.8 Å². The standard InChI is InChI=1S/C22H28N2O5S/c1-2-18-5-7-20(8-6-18)29-17-22(25)23-13-16-28-19-9-11-21(12-10-19)30(26,27)24-14-3-4-15-24/h5-12H,2-4,13-17H2,1H3,(H,23,25). The number of hydrogen-bond acceptors (Lipinski definition) is 5. The van der Waals surface area contributed by atoms with Gasteiger partial charge in [-0.25, -0.2) is 8.42 Å². The zero-order chi connectivity index (χ0) is 21.4. The highest BCUT2D eigenvalue weighted by atomic mass is 32.2. The van der Waals surface area contributed by atoms with E-state index >= 15 is 0 Å². The van der Waals surface area contributed by atoms with Gasteiger partial charge in [0.05, 0.1) is 11.4 Å². The molecule has 1 aliphatic heterocycles. The largest absolute Gasteiger partial charge is 0.492 e. The number of benzene rings is 2. The molecule has 7 nitrogen and oxygen atoms in total. The van der Waals surface area contributed by atoms with E-state index in [0.29, 0.717) is 31.1 Å². The number of sulfonamides is 1. The molecule has 0 radical (unpaired) electrons. The van der Waals surface area contributed by atoms with Crippen LogP contribution in [0.5, 0.6) is 11.5 Å². The average Bonchev–Trinajstić information content (AvgIpc) is 3.32. The number of nitrogens with one attached hydrogen (secondary N) is 1. The minimum atomic E-state index is -3.42. The van der Waals surface area contributed by atoms with Crippen molar-refractivity contribution in [2.45, 2.75) is 31.1 Å². The van der Waals surface area contributed by atoms with Crippen LogP contribution in [0.3, 0.4) is 0 Å². The van der Waals surface area contributed by atoms with E-state index in [1.807, 2.05) is 24.3 Å². The first-order valence-electron chi connectivity index (χ1n) is 10.2. The van der Waals surface area contributed by atoms with Crippen molar-refractivity contribution >= 4 is 15.9 Å². The van der Waals surface area contributed by atoms with Crippen LogP contribution in [0.2, 0.25) is 0 Å². The zero-order valence-corrected chi connectivity index (χ0v) is 18.0. The van der Waals surface area contributed by atoms with Gasteiger partial charge in [-0.3, -0.25) is 4.79 Å². The van der Waals surface area contributed by atoms with E-state index < -0.39 is 10.0 Å². The lowest BCUT2D eigenvalue weighted by molar-refractivity contribution is -0.123. The molecule has 0 aromatic heterocycles. The predicted molar refractivity (Wildman–Crippen MR) is 114 cm³/mol. The van der Waals surface area contributed by atoms with Crippen LogP contribution in [0.15, 0.2) is 53.4 Å². The highest BCUT2D eigenvalue weighted by Gasteiger charge is 2.26. The number of carbonyl (C=O) groups is 1. The Bertz CT molecular complexity index is 921. The van der Waals surface area contributed by atoms with Gasteiger partial charge in [-0.2, -0.15) is 4.31 Å².